The van der Waals surface area contributed by atoms with Gasteiger partial charge in [-0.1, -0.05) is 60.7 Å². The highest BCUT2D eigenvalue weighted by molar-refractivity contribution is 6.02. The van der Waals surface area contributed by atoms with Crippen LogP contribution in [0.5, 0.6) is 5.88 Å². The topological polar surface area (TPSA) is 65.5 Å². The van der Waals surface area contributed by atoms with Crippen molar-refractivity contribution in [2.24, 2.45) is 0 Å². The fourth-order valence-electron chi connectivity index (χ4n) is 2.62. The molecule has 5 nitrogen and oxygen atoms in total. The molecule has 0 bridgehead atoms. The molecular weight excluding hydrogens is 342 g/mol. The number of benzene rings is 2. The number of nitrogens with zero attached hydrogens (tertiary/aromatic N) is 1. The Morgan fingerprint density at radius 3 is 2.26 bits per heavy atom. The van der Waals surface area contributed by atoms with Crippen molar-refractivity contribution in [3.05, 3.63) is 95.7 Å². The predicted octanol–water partition coefficient (Wildman–Crippen LogP) is 4.26. The molecule has 0 aliphatic carbocycles. The monoisotopic (exact) mass is 361 g/mol. The fraction of sp³-hybridized carbons (Fsp3) is 0.136. The Balaban J connectivity index is 1.93. The molecule has 1 aromatic heterocycles. The lowest BCUT2D eigenvalue weighted by Gasteiger charge is -2.18. The van der Waals surface area contributed by atoms with Crippen LogP contribution in [-0.4, -0.2) is 23.3 Å². The molecule has 2 aromatic carbocycles. The number of ketones is 1. The molecule has 0 saturated heterocycles. The molecule has 1 atom stereocenters. The van der Waals surface area contributed by atoms with Crippen LogP contribution in [-0.2, 0) is 4.74 Å². The second-order valence-corrected chi connectivity index (χ2v) is 5.72. The van der Waals surface area contributed by atoms with Gasteiger partial charge < -0.3 is 9.47 Å². The smallest absolute Gasteiger partial charge is 0.344 e. The lowest BCUT2D eigenvalue weighted by molar-refractivity contribution is 0.0275. The molecular formula is C22H19NO4. The van der Waals surface area contributed by atoms with E-state index in [1.165, 1.54) is 6.20 Å². The van der Waals surface area contributed by atoms with Gasteiger partial charge in [-0.25, -0.2) is 9.78 Å². The van der Waals surface area contributed by atoms with E-state index in [4.69, 9.17) is 9.47 Å². The number of aromatic nitrogens is 1. The standard InChI is InChI=1S/C22H19NO4/c1-2-26-21-18(14-9-15-23-21)22(25)27-20(17-12-7-4-8-13-17)19(24)16-10-5-3-6-11-16/h3-15,20H,2H2,1H3. The zero-order chi connectivity index (χ0) is 19.1. The third-order valence-electron chi connectivity index (χ3n) is 3.90. The summed E-state index contributed by atoms with van der Waals surface area (Å²) in [6.45, 7) is 2.16. The van der Waals surface area contributed by atoms with Gasteiger partial charge in [0.1, 0.15) is 5.56 Å². The lowest BCUT2D eigenvalue weighted by Crippen LogP contribution is -2.21. The van der Waals surface area contributed by atoms with Crippen molar-refractivity contribution in [1.82, 2.24) is 4.98 Å². The molecule has 0 aliphatic heterocycles. The van der Waals surface area contributed by atoms with E-state index >= 15 is 0 Å². The molecule has 1 heterocycles. The van der Waals surface area contributed by atoms with E-state index in [0.717, 1.165) is 0 Å². The Kier molecular flexibility index (Phi) is 5.94. The van der Waals surface area contributed by atoms with Crippen LogP contribution in [0, 0.1) is 0 Å². The van der Waals surface area contributed by atoms with E-state index in [1.54, 1.807) is 67.6 Å². The molecule has 3 aromatic rings. The minimum Gasteiger partial charge on any atom is -0.477 e. The van der Waals surface area contributed by atoms with Crippen LogP contribution in [0.1, 0.15) is 39.3 Å². The van der Waals surface area contributed by atoms with Gasteiger partial charge in [-0.15, -0.1) is 0 Å². The maximum Gasteiger partial charge on any atom is 0.344 e. The van der Waals surface area contributed by atoms with E-state index in [1.807, 2.05) is 12.1 Å². The molecule has 136 valence electrons. The zero-order valence-corrected chi connectivity index (χ0v) is 14.9. The van der Waals surface area contributed by atoms with Crippen LogP contribution < -0.4 is 4.74 Å². The molecule has 0 N–H and O–H groups in total. The van der Waals surface area contributed by atoms with Crippen LogP contribution in [0.25, 0.3) is 0 Å². The number of carbonyl (C=O) groups excluding carboxylic acids is 2. The van der Waals surface area contributed by atoms with Gasteiger partial charge in [0.05, 0.1) is 6.61 Å². The Morgan fingerprint density at radius 2 is 1.59 bits per heavy atom. The maximum absolute atomic E-state index is 13.0. The Hall–Kier alpha value is -3.47. The van der Waals surface area contributed by atoms with Gasteiger partial charge in [-0.2, -0.15) is 0 Å². The van der Waals surface area contributed by atoms with Crippen molar-refractivity contribution < 1.29 is 19.1 Å². The van der Waals surface area contributed by atoms with Crippen molar-refractivity contribution >= 4 is 11.8 Å². The molecule has 3 rings (SSSR count). The summed E-state index contributed by atoms with van der Waals surface area (Å²) in [7, 11) is 0. The minimum atomic E-state index is -1.06. The summed E-state index contributed by atoms with van der Waals surface area (Å²) < 4.78 is 11.0. The molecule has 0 saturated carbocycles. The van der Waals surface area contributed by atoms with Crippen molar-refractivity contribution in [2.75, 3.05) is 6.61 Å². The number of esters is 1. The van der Waals surface area contributed by atoms with Crippen molar-refractivity contribution in [3.8, 4) is 5.88 Å². The first-order chi connectivity index (χ1) is 13.2. The third kappa shape index (κ3) is 4.39. The molecule has 0 radical (unpaired) electrons. The van der Waals surface area contributed by atoms with E-state index in [2.05, 4.69) is 4.98 Å². The summed E-state index contributed by atoms with van der Waals surface area (Å²) in [4.78, 5) is 29.8. The minimum absolute atomic E-state index is 0.182. The first kappa shape index (κ1) is 18.3. The van der Waals surface area contributed by atoms with Gasteiger partial charge in [-0.3, -0.25) is 4.79 Å². The third-order valence-corrected chi connectivity index (χ3v) is 3.90. The highest BCUT2D eigenvalue weighted by atomic mass is 16.5. The lowest BCUT2D eigenvalue weighted by atomic mass is 10.00. The number of ether oxygens (including phenoxy) is 2. The van der Waals surface area contributed by atoms with E-state index in [-0.39, 0.29) is 17.2 Å². The molecule has 1 unspecified atom stereocenters. The average Bonchev–Trinajstić information content (AvgIpc) is 2.73. The van der Waals surface area contributed by atoms with Crippen molar-refractivity contribution in [2.45, 2.75) is 13.0 Å². The Bertz CT molecular complexity index is 910. The van der Waals surface area contributed by atoms with Gasteiger partial charge in [0, 0.05) is 17.3 Å². The highest BCUT2D eigenvalue weighted by Gasteiger charge is 2.28. The number of carbonyl (C=O) groups is 2. The first-order valence-electron chi connectivity index (χ1n) is 8.63. The molecule has 0 amide bonds. The van der Waals surface area contributed by atoms with Crippen LogP contribution in [0.3, 0.4) is 0 Å². The molecule has 0 aliphatic rings. The van der Waals surface area contributed by atoms with Gasteiger partial charge in [0.15, 0.2) is 6.10 Å². The number of hydrogen-bond acceptors (Lipinski definition) is 5. The number of hydrogen-bond donors (Lipinski definition) is 0. The SMILES string of the molecule is CCOc1ncccc1C(=O)OC(C(=O)c1ccccc1)c1ccccc1. The Labute approximate surface area is 157 Å². The summed E-state index contributed by atoms with van der Waals surface area (Å²) in [5.41, 5.74) is 1.25. The van der Waals surface area contributed by atoms with Gasteiger partial charge in [-0.05, 0) is 19.1 Å². The van der Waals surface area contributed by atoms with E-state index < -0.39 is 12.1 Å². The summed E-state index contributed by atoms with van der Waals surface area (Å²) in [6, 6.07) is 20.9. The normalized spacial score (nSPS) is 11.4. The summed E-state index contributed by atoms with van der Waals surface area (Å²) >= 11 is 0. The fourth-order valence-corrected chi connectivity index (χ4v) is 2.62. The van der Waals surface area contributed by atoms with E-state index in [0.29, 0.717) is 17.7 Å². The molecule has 0 fully saturated rings. The molecule has 27 heavy (non-hydrogen) atoms. The van der Waals surface area contributed by atoms with Crippen LogP contribution in [0.4, 0.5) is 0 Å². The van der Waals surface area contributed by atoms with E-state index in [9.17, 15) is 9.59 Å². The van der Waals surface area contributed by atoms with Gasteiger partial charge in [0.2, 0.25) is 11.7 Å². The van der Waals surface area contributed by atoms with Crippen molar-refractivity contribution in [1.29, 1.82) is 0 Å². The molecule has 5 heteroatoms. The average molecular weight is 361 g/mol. The van der Waals surface area contributed by atoms with Gasteiger partial charge in [0.25, 0.3) is 0 Å². The number of Topliss-reactive ketones (excluding diaryl/α,β-unsaturated/α-hetero) is 1. The highest BCUT2D eigenvalue weighted by Crippen LogP contribution is 2.25. The van der Waals surface area contributed by atoms with Crippen LogP contribution in [0.2, 0.25) is 0 Å². The maximum atomic E-state index is 13.0. The molecule has 0 spiro atoms. The number of rotatable bonds is 7. The van der Waals surface area contributed by atoms with Crippen molar-refractivity contribution in [3.63, 3.8) is 0 Å². The summed E-state index contributed by atoms with van der Waals surface area (Å²) in [5.74, 6) is -0.773. The predicted molar refractivity (Wildman–Crippen MR) is 101 cm³/mol. The second kappa shape index (κ2) is 8.76. The van der Waals surface area contributed by atoms with Crippen LogP contribution >= 0.6 is 0 Å². The Morgan fingerprint density at radius 1 is 0.926 bits per heavy atom. The summed E-state index contributed by atoms with van der Waals surface area (Å²) in [6.07, 6.45) is 0.474. The largest absolute Gasteiger partial charge is 0.477 e. The summed E-state index contributed by atoms with van der Waals surface area (Å²) in [5, 5.41) is 0. The van der Waals surface area contributed by atoms with Gasteiger partial charge >= 0.3 is 5.97 Å². The second-order valence-electron chi connectivity index (χ2n) is 5.72. The van der Waals surface area contributed by atoms with Crippen LogP contribution in [0.15, 0.2) is 79.0 Å². The zero-order valence-electron chi connectivity index (χ0n) is 14.9. The quantitative estimate of drug-likeness (QED) is 0.465. The number of pyridine rings is 1. The first-order valence-corrected chi connectivity index (χ1v) is 8.63.